The Hall–Kier alpha value is -0.920. The van der Waals surface area contributed by atoms with Gasteiger partial charge in [0.1, 0.15) is 0 Å². The van der Waals surface area contributed by atoms with Gasteiger partial charge in [0.25, 0.3) is 0 Å². The Labute approximate surface area is 130 Å². The molecule has 1 N–H and O–H groups in total. The smallest absolute Gasteiger partial charge is 0.223 e. The van der Waals surface area contributed by atoms with E-state index in [2.05, 4.69) is 5.32 Å². The minimum absolute atomic E-state index is 0.0153. The summed E-state index contributed by atoms with van der Waals surface area (Å²) in [6, 6.07) is 3.98. The van der Waals surface area contributed by atoms with Gasteiger partial charge >= 0.3 is 0 Å². The molecule has 1 fully saturated rings. The third-order valence-corrected chi connectivity index (χ3v) is 6.36. The number of rotatable bonds is 4. The molecule has 2 rings (SSSR count). The van der Waals surface area contributed by atoms with Crippen molar-refractivity contribution in [2.75, 3.05) is 19.3 Å². The standard InChI is InChI=1S/C14H22N2O3S2/c1-14(2,12-5-4-10-20-12)15-13(17)11-6-8-16(9-7-11)21(3,18)19/h4-5,10-11H,6-9H2,1-3H3,(H,15,17). The Morgan fingerprint density at radius 2 is 2.00 bits per heavy atom. The molecule has 0 aliphatic carbocycles. The van der Waals surface area contributed by atoms with Gasteiger partial charge in [-0.3, -0.25) is 4.79 Å². The quantitative estimate of drug-likeness (QED) is 0.915. The van der Waals surface area contributed by atoms with Gasteiger partial charge in [-0.1, -0.05) is 6.07 Å². The molecule has 0 aromatic carbocycles. The van der Waals surface area contributed by atoms with E-state index >= 15 is 0 Å². The van der Waals surface area contributed by atoms with Crippen LogP contribution in [0.4, 0.5) is 0 Å². The maximum absolute atomic E-state index is 12.4. The van der Waals surface area contributed by atoms with Crippen LogP contribution >= 0.6 is 11.3 Å². The Morgan fingerprint density at radius 3 is 2.48 bits per heavy atom. The minimum Gasteiger partial charge on any atom is -0.346 e. The lowest BCUT2D eigenvalue weighted by molar-refractivity contribution is -0.127. The fourth-order valence-electron chi connectivity index (χ4n) is 2.56. The fraction of sp³-hybridized carbons (Fsp3) is 0.643. The molecular formula is C14H22N2O3S2. The molecule has 5 nitrogen and oxygen atoms in total. The third-order valence-electron chi connectivity index (χ3n) is 3.87. The van der Waals surface area contributed by atoms with Gasteiger partial charge in [0.05, 0.1) is 11.8 Å². The minimum atomic E-state index is -3.14. The van der Waals surface area contributed by atoms with Gasteiger partial charge in [-0.25, -0.2) is 12.7 Å². The van der Waals surface area contributed by atoms with E-state index < -0.39 is 10.0 Å². The lowest BCUT2D eigenvalue weighted by Crippen LogP contribution is -2.47. The number of hydrogen-bond donors (Lipinski definition) is 1. The van der Waals surface area contributed by atoms with E-state index in [0.717, 1.165) is 4.88 Å². The summed E-state index contributed by atoms with van der Waals surface area (Å²) in [5, 5.41) is 5.08. The molecule has 1 aliphatic rings. The first-order valence-corrected chi connectivity index (χ1v) is 9.74. The first-order chi connectivity index (χ1) is 9.70. The van der Waals surface area contributed by atoms with Crippen LogP contribution in [-0.4, -0.2) is 38.0 Å². The number of thiophene rings is 1. The third kappa shape index (κ3) is 4.05. The van der Waals surface area contributed by atoms with E-state index in [1.54, 1.807) is 11.3 Å². The van der Waals surface area contributed by atoms with Crippen molar-refractivity contribution in [2.45, 2.75) is 32.2 Å². The van der Waals surface area contributed by atoms with Gasteiger partial charge in [-0.05, 0) is 38.1 Å². The van der Waals surface area contributed by atoms with Crippen molar-refractivity contribution in [1.82, 2.24) is 9.62 Å². The first kappa shape index (κ1) is 16.5. The van der Waals surface area contributed by atoms with Gasteiger partial charge in [-0.15, -0.1) is 11.3 Å². The molecule has 118 valence electrons. The van der Waals surface area contributed by atoms with E-state index in [-0.39, 0.29) is 17.4 Å². The average molecular weight is 330 g/mol. The molecule has 0 bridgehead atoms. The number of nitrogens with one attached hydrogen (secondary N) is 1. The van der Waals surface area contributed by atoms with Gasteiger partial charge in [0, 0.05) is 23.9 Å². The molecule has 1 amide bonds. The second kappa shape index (κ2) is 6.06. The summed E-state index contributed by atoms with van der Waals surface area (Å²) >= 11 is 1.62. The van der Waals surface area contributed by atoms with Crippen LogP contribution in [-0.2, 0) is 20.4 Å². The highest BCUT2D eigenvalue weighted by atomic mass is 32.2. The summed E-state index contributed by atoms with van der Waals surface area (Å²) in [4.78, 5) is 13.5. The van der Waals surface area contributed by atoms with Gasteiger partial charge in [0.15, 0.2) is 0 Å². The average Bonchev–Trinajstić information content (AvgIpc) is 2.92. The lowest BCUT2D eigenvalue weighted by Gasteiger charge is -2.32. The summed E-state index contributed by atoms with van der Waals surface area (Å²) < 4.78 is 24.4. The highest BCUT2D eigenvalue weighted by molar-refractivity contribution is 7.88. The summed E-state index contributed by atoms with van der Waals surface area (Å²) in [6.07, 6.45) is 2.38. The highest BCUT2D eigenvalue weighted by Gasteiger charge is 2.32. The molecule has 0 saturated carbocycles. The van der Waals surface area contributed by atoms with Crippen molar-refractivity contribution in [1.29, 1.82) is 0 Å². The zero-order chi connectivity index (χ0) is 15.7. The molecule has 1 aliphatic heterocycles. The van der Waals surface area contributed by atoms with Crippen LogP contribution in [0.1, 0.15) is 31.6 Å². The van der Waals surface area contributed by atoms with Crippen LogP contribution in [0.3, 0.4) is 0 Å². The SMILES string of the molecule is CC(C)(NC(=O)C1CCN(S(C)(=O)=O)CC1)c1cccs1. The maximum Gasteiger partial charge on any atom is 0.223 e. The molecule has 1 saturated heterocycles. The van der Waals surface area contributed by atoms with Crippen molar-refractivity contribution in [3.8, 4) is 0 Å². The number of piperidine rings is 1. The van der Waals surface area contributed by atoms with Crippen LogP contribution in [0.5, 0.6) is 0 Å². The largest absolute Gasteiger partial charge is 0.346 e. The predicted octanol–water partition coefficient (Wildman–Crippen LogP) is 1.77. The first-order valence-electron chi connectivity index (χ1n) is 7.01. The molecule has 1 aromatic heterocycles. The van der Waals surface area contributed by atoms with E-state index in [0.29, 0.717) is 25.9 Å². The van der Waals surface area contributed by atoms with Crippen LogP contribution in [0, 0.1) is 5.92 Å². The zero-order valence-corrected chi connectivity index (χ0v) is 14.3. The Morgan fingerprint density at radius 1 is 1.38 bits per heavy atom. The molecule has 0 spiro atoms. The maximum atomic E-state index is 12.4. The van der Waals surface area contributed by atoms with Crippen LogP contribution in [0.2, 0.25) is 0 Å². The topological polar surface area (TPSA) is 66.5 Å². The normalized spacial score (nSPS) is 18.6. The number of sulfonamides is 1. The monoisotopic (exact) mass is 330 g/mol. The van der Waals surface area contributed by atoms with Crippen LogP contribution in [0.15, 0.2) is 17.5 Å². The van der Waals surface area contributed by atoms with E-state index in [1.165, 1.54) is 10.6 Å². The molecule has 0 unspecified atom stereocenters. The van der Waals surface area contributed by atoms with Crippen LogP contribution < -0.4 is 5.32 Å². The van der Waals surface area contributed by atoms with E-state index in [1.807, 2.05) is 31.4 Å². The van der Waals surface area contributed by atoms with Gasteiger partial charge in [0.2, 0.25) is 15.9 Å². The number of nitrogens with zero attached hydrogens (tertiary/aromatic N) is 1. The molecular weight excluding hydrogens is 308 g/mol. The molecule has 0 radical (unpaired) electrons. The van der Waals surface area contributed by atoms with Crippen molar-refractivity contribution >= 4 is 27.3 Å². The summed E-state index contributed by atoms with van der Waals surface area (Å²) in [5.41, 5.74) is -0.390. The second-order valence-corrected chi connectivity index (χ2v) is 8.96. The number of carbonyl (C=O) groups is 1. The Bertz CT molecular complexity index is 586. The predicted molar refractivity (Wildman–Crippen MR) is 84.6 cm³/mol. The molecule has 1 aromatic rings. The molecule has 21 heavy (non-hydrogen) atoms. The van der Waals surface area contributed by atoms with Crippen molar-refractivity contribution < 1.29 is 13.2 Å². The Kier molecular flexibility index (Phi) is 4.75. The van der Waals surface area contributed by atoms with Crippen molar-refractivity contribution in [3.05, 3.63) is 22.4 Å². The molecule has 0 atom stereocenters. The second-order valence-electron chi connectivity index (χ2n) is 6.03. The Balaban J connectivity index is 1.94. The van der Waals surface area contributed by atoms with Crippen LogP contribution in [0.25, 0.3) is 0 Å². The van der Waals surface area contributed by atoms with Crippen molar-refractivity contribution in [2.24, 2.45) is 5.92 Å². The van der Waals surface area contributed by atoms with E-state index in [4.69, 9.17) is 0 Å². The molecule has 7 heteroatoms. The summed E-state index contributed by atoms with van der Waals surface area (Å²) in [5.74, 6) is -0.0937. The number of amides is 1. The highest BCUT2D eigenvalue weighted by Crippen LogP contribution is 2.26. The fourth-order valence-corrected chi connectivity index (χ4v) is 4.24. The van der Waals surface area contributed by atoms with Gasteiger partial charge in [-0.2, -0.15) is 0 Å². The summed E-state index contributed by atoms with van der Waals surface area (Å²) in [6.45, 7) is 4.83. The zero-order valence-electron chi connectivity index (χ0n) is 12.6. The lowest BCUT2D eigenvalue weighted by atomic mass is 9.94. The van der Waals surface area contributed by atoms with Crippen molar-refractivity contribution in [3.63, 3.8) is 0 Å². The number of hydrogen-bond acceptors (Lipinski definition) is 4. The van der Waals surface area contributed by atoms with Gasteiger partial charge < -0.3 is 5.32 Å². The van der Waals surface area contributed by atoms with E-state index in [9.17, 15) is 13.2 Å². The molecule has 2 heterocycles. The number of carbonyl (C=O) groups excluding carboxylic acids is 1. The summed E-state index contributed by atoms with van der Waals surface area (Å²) in [7, 11) is -3.14.